The van der Waals surface area contributed by atoms with Crippen LogP contribution in [0.2, 0.25) is 0 Å². The van der Waals surface area contributed by atoms with Crippen molar-refractivity contribution in [3.63, 3.8) is 0 Å². The third-order valence-electron chi connectivity index (χ3n) is 2.60. The van der Waals surface area contributed by atoms with Crippen molar-refractivity contribution in [2.24, 2.45) is 0 Å². The molecule has 1 N–H and O–H groups in total. The summed E-state index contributed by atoms with van der Waals surface area (Å²) in [5.74, 6) is -0.157. The molecule has 0 aliphatic rings. The molecule has 0 aliphatic carbocycles. The fourth-order valence-corrected chi connectivity index (χ4v) is 1.64. The highest BCUT2D eigenvalue weighted by Gasteiger charge is 2.16. The van der Waals surface area contributed by atoms with Crippen molar-refractivity contribution in [1.29, 1.82) is 0 Å². The van der Waals surface area contributed by atoms with Gasteiger partial charge in [-0.1, -0.05) is 43.0 Å². The molecular formula is C16H16N2O. The maximum atomic E-state index is 12.2. The number of rotatable bonds is 4. The fraction of sp³-hybridized carbons (Fsp3) is 0.0625. The highest BCUT2D eigenvalue weighted by molar-refractivity contribution is 6.05. The number of hydrogen-bond acceptors (Lipinski definition) is 2. The zero-order chi connectivity index (χ0) is 13.7. The maximum Gasteiger partial charge on any atom is 0.271 e. The Balaban J connectivity index is 2.30. The molecule has 1 amide bonds. The van der Waals surface area contributed by atoms with Gasteiger partial charge >= 0.3 is 0 Å². The van der Waals surface area contributed by atoms with E-state index in [-0.39, 0.29) is 5.91 Å². The van der Waals surface area contributed by atoms with Crippen molar-refractivity contribution in [3.05, 3.63) is 72.8 Å². The van der Waals surface area contributed by atoms with Crippen LogP contribution >= 0.6 is 0 Å². The Morgan fingerprint density at radius 2 is 1.53 bits per heavy atom. The van der Waals surface area contributed by atoms with Crippen LogP contribution in [0, 0.1) is 0 Å². The molecule has 2 aromatic carbocycles. The van der Waals surface area contributed by atoms with Crippen LogP contribution in [0.4, 0.5) is 11.4 Å². The van der Waals surface area contributed by atoms with Gasteiger partial charge in [-0.2, -0.15) is 0 Å². The first-order valence-electron chi connectivity index (χ1n) is 6.05. The topological polar surface area (TPSA) is 32.3 Å². The Labute approximate surface area is 113 Å². The number of carbonyl (C=O) groups excluding carboxylic acids is 1. The van der Waals surface area contributed by atoms with Crippen LogP contribution in [0.1, 0.15) is 6.92 Å². The minimum Gasteiger partial charge on any atom is -0.291 e. The summed E-state index contributed by atoms with van der Waals surface area (Å²) in [5.41, 5.74) is 5.20. The molecule has 2 aromatic rings. The second kappa shape index (κ2) is 5.87. The van der Waals surface area contributed by atoms with Gasteiger partial charge in [0.2, 0.25) is 0 Å². The zero-order valence-corrected chi connectivity index (χ0v) is 10.8. The summed E-state index contributed by atoms with van der Waals surface area (Å²) in [5, 5.41) is 1.50. The molecule has 0 radical (unpaired) electrons. The molecule has 0 saturated carbocycles. The molecule has 0 bridgehead atoms. The zero-order valence-electron chi connectivity index (χ0n) is 10.8. The van der Waals surface area contributed by atoms with Gasteiger partial charge in [-0.05, 0) is 31.2 Å². The lowest BCUT2D eigenvalue weighted by Gasteiger charge is -2.24. The number of nitrogens with zero attached hydrogens (tertiary/aromatic N) is 1. The van der Waals surface area contributed by atoms with Crippen LogP contribution in [0.15, 0.2) is 72.8 Å². The number of nitrogens with one attached hydrogen (secondary N) is 1. The van der Waals surface area contributed by atoms with E-state index in [0.29, 0.717) is 5.57 Å². The Morgan fingerprint density at radius 3 is 2.05 bits per heavy atom. The highest BCUT2D eigenvalue weighted by Crippen LogP contribution is 2.17. The van der Waals surface area contributed by atoms with Crippen molar-refractivity contribution in [1.82, 2.24) is 0 Å². The Hall–Kier alpha value is -2.55. The van der Waals surface area contributed by atoms with E-state index in [9.17, 15) is 4.79 Å². The lowest BCUT2D eigenvalue weighted by Crippen LogP contribution is -2.36. The average Bonchev–Trinajstić information content (AvgIpc) is 2.46. The molecule has 0 fully saturated rings. The van der Waals surface area contributed by atoms with Gasteiger partial charge in [0.05, 0.1) is 11.4 Å². The summed E-state index contributed by atoms with van der Waals surface area (Å²) in [7, 11) is 0. The third-order valence-corrected chi connectivity index (χ3v) is 2.60. The largest absolute Gasteiger partial charge is 0.291 e. The molecule has 0 aromatic heterocycles. The predicted molar refractivity (Wildman–Crippen MR) is 78.8 cm³/mol. The number of amides is 1. The molecule has 3 heteroatoms. The summed E-state index contributed by atoms with van der Waals surface area (Å²) in [6.07, 6.45) is 0. The SMILES string of the molecule is C=C(C)C(=O)N(Nc1ccccc1)c1ccccc1. The molecule has 19 heavy (non-hydrogen) atoms. The van der Waals surface area contributed by atoms with E-state index >= 15 is 0 Å². The number of benzene rings is 2. The average molecular weight is 252 g/mol. The van der Waals surface area contributed by atoms with Crippen LogP contribution in [-0.2, 0) is 4.79 Å². The second-order valence-corrected chi connectivity index (χ2v) is 4.23. The molecule has 0 saturated heterocycles. The standard InChI is InChI=1S/C16H16N2O/c1-13(2)16(19)18(15-11-7-4-8-12-15)17-14-9-5-3-6-10-14/h3-12,17H,1H2,2H3. The predicted octanol–water partition coefficient (Wildman–Crippen LogP) is 3.62. The Morgan fingerprint density at radius 1 is 1.00 bits per heavy atom. The van der Waals surface area contributed by atoms with Gasteiger partial charge in [0, 0.05) is 5.57 Å². The van der Waals surface area contributed by atoms with E-state index in [2.05, 4.69) is 12.0 Å². The molecule has 0 atom stereocenters. The van der Waals surface area contributed by atoms with Crippen molar-refractivity contribution < 1.29 is 4.79 Å². The van der Waals surface area contributed by atoms with Crippen molar-refractivity contribution >= 4 is 17.3 Å². The summed E-state index contributed by atoms with van der Waals surface area (Å²) < 4.78 is 0. The lowest BCUT2D eigenvalue weighted by atomic mass is 10.2. The van der Waals surface area contributed by atoms with Gasteiger partial charge in [-0.15, -0.1) is 0 Å². The summed E-state index contributed by atoms with van der Waals surface area (Å²) >= 11 is 0. The van der Waals surface area contributed by atoms with Gasteiger partial charge in [-0.3, -0.25) is 10.2 Å². The molecular weight excluding hydrogens is 236 g/mol. The first-order chi connectivity index (χ1) is 9.18. The molecule has 3 nitrogen and oxygen atoms in total. The van der Waals surface area contributed by atoms with E-state index in [1.165, 1.54) is 5.01 Å². The monoisotopic (exact) mass is 252 g/mol. The van der Waals surface area contributed by atoms with Crippen LogP contribution in [0.3, 0.4) is 0 Å². The number of hydrogen-bond donors (Lipinski definition) is 1. The van der Waals surface area contributed by atoms with Crippen LogP contribution in [-0.4, -0.2) is 5.91 Å². The lowest BCUT2D eigenvalue weighted by molar-refractivity contribution is -0.114. The van der Waals surface area contributed by atoms with E-state index in [1.54, 1.807) is 6.92 Å². The number of carbonyl (C=O) groups is 1. The van der Waals surface area contributed by atoms with E-state index < -0.39 is 0 Å². The maximum absolute atomic E-state index is 12.2. The van der Waals surface area contributed by atoms with Crippen LogP contribution in [0.25, 0.3) is 0 Å². The summed E-state index contributed by atoms with van der Waals surface area (Å²) in [4.78, 5) is 12.2. The normalized spacial score (nSPS) is 9.74. The molecule has 0 heterocycles. The number of para-hydroxylation sites is 2. The smallest absolute Gasteiger partial charge is 0.271 e. The van der Waals surface area contributed by atoms with Crippen molar-refractivity contribution in [2.75, 3.05) is 10.4 Å². The number of hydrazine groups is 1. The van der Waals surface area contributed by atoms with Crippen molar-refractivity contribution in [2.45, 2.75) is 6.92 Å². The minimum absolute atomic E-state index is 0.157. The summed E-state index contributed by atoms with van der Waals surface area (Å²) in [6, 6.07) is 19.0. The van der Waals surface area contributed by atoms with Crippen LogP contribution in [0.5, 0.6) is 0 Å². The van der Waals surface area contributed by atoms with Gasteiger partial charge in [0.15, 0.2) is 0 Å². The first kappa shape index (κ1) is 12.9. The molecule has 0 unspecified atom stereocenters. The third kappa shape index (κ3) is 3.22. The second-order valence-electron chi connectivity index (χ2n) is 4.23. The molecule has 0 aliphatic heterocycles. The highest BCUT2D eigenvalue weighted by atomic mass is 16.2. The van der Waals surface area contributed by atoms with Crippen LogP contribution < -0.4 is 10.4 Å². The molecule has 2 rings (SSSR count). The molecule has 96 valence electrons. The van der Waals surface area contributed by atoms with Gasteiger partial charge < -0.3 is 0 Å². The van der Waals surface area contributed by atoms with Gasteiger partial charge in [0.1, 0.15) is 0 Å². The van der Waals surface area contributed by atoms with Gasteiger partial charge in [0.25, 0.3) is 5.91 Å². The van der Waals surface area contributed by atoms with E-state index in [1.807, 2.05) is 60.7 Å². The Kier molecular flexibility index (Phi) is 3.98. The fourth-order valence-electron chi connectivity index (χ4n) is 1.64. The Bertz CT molecular complexity index is 564. The van der Waals surface area contributed by atoms with Gasteiger partial charge in [-0.25, -0.2) is 5.01 Å². The van der Waals surface area contributed by atoms with E-state index in [0.717, 1.165) is 11.4 Å². The first-order valence-corrected chi connectivity index (χ1v) is 6.05. The summed E-state index contributed by atoms with van der Waals surface area (Å²) in [6.45, 7) is 5.41. The number of anilines is 2. The quantitative estimate of drug-likeness (QED) is 0.665. The minimum atomic E-state index is -0.157. The van der Waals surface area contributed by atoms with E-state index in [4.69, 9.17) is 0 Å². The van der Waals surface area contributed by atoms with Crippen molar-refractivity contribution in [3.8, 4) is 0 Å². The molecule has 0 spiro atoms.